The number of pyridine rings is 1. The summed E-state index contributed by atoms with van der Waals surface area (Å²) >= 11 is 7.38. The van der Waals surface area contributed by atoms with E-state index in [-0.39, 0.29) is 5.91 Å². The first-order valence-corrected chi connectivity index (χ1v) is 7.34. The van der Waals surface area contributed by atoms with Crippen molar-refractivity contribution in [2.45, 2.75) is 13.5 Å². The van der Waals surface area contributed by atoms with Gasteiger partial charge in [-0.2, -0.15) is 0 Å². The second kappa shape index (κ2) is 6.24. The van der Waals surface area contributed by atoms with Gasteiger partial charge >= 0.3 is 0 Å². The molecule has 0 aromatic carbocycles. The number of nitrogens with one attached hydrogen (secondary N) is 1. The van der Waals surface area contributed by atoms with Crippen molar-refractivity contribution in [1.82, 2.24) is 9.88 Å². The lowest BCUT2D eigenvalue weighted by Crippen LogP contribution is -2.26. The number of carbonyl (C=O) groups is 1. The van der Waals surface area contributed by atoms with E-state index in [1.165, 1.54) is 11.3 Å². The zero-order chi connectivity index (χ0) is 14.7. The minimum atomic E-state index is -0.0635. The van der Waals surface area contributed by atoms with Crippen LogP contribution in [0.2, 0.25) is 4.34 Å². The van der Waals surface area contributed by atoms with Gasteiger partial charge in [0.05, 0.1) is 22.1 Å². The highest BCUT2D eigenvalue weighted by atomic mass is 35.5. The van der Waals surface area contributed by atoms with Crippen LogP contribution in [0, 0.1) is 6.92 Å². The van der Waals surface area contributed by atoms with Gasteiger partial charge in [-0.1, -0.05) is 11.6 Å². The fourth-order valence-corrected chi connectivity index (χ4v) is 3.03. The van der Waals surface area contributed by atoms with Crippen LogP contribution in [0.4, 0.5) is 5.69 Å². The summed E-state index contributed by atoms with van der Waals surface area (Å²) in [7, 11) is 3.57. The third-order valence-corrected chi connectivity index (χ3v) is 4.12. The summed E-state index contributed by atoms with van der Waals surface area (Å²) in [5.41, 5.74) is 2.24. The highest BCUT2D eigenvalue weighted by Gasteiger charge is 2.17. The molecule has 2 aromatic rings. The van der Waals surface area contributed by atoms with Crippen LogP contribution in [0.1, 0.15) is 20.9 Å². The van der Waals surface area contributed by atoms with Crippen LogP contribution in [0.25, 0.3) is 0 Å². The number of hydrogen-bond donors (Lipinski definition) is 1. The molecule has 20 heavy (non-hydrogen) atoms. The normalized spacial score (nSPS) is 10.4. The van der Waals surface area contributed by atoms with E-state index in [2.05, 4.69) is 10.3 Å². The fraction of sp³-hybridized carbons (Fsp3) is 0.286. The molecule has 0 saturated carbocycles. The number of amides is 1. The standard InChI is InChI=1S/C14H16ClN3OS/c1-9-6-12(16-2)11(7-17-9)14(19)18(3)8-10-4-5-13(15)20-10/h4-7H,8H2,1-3H3,(H,16,17). The van der Waals surface area contributed by atoms with E-state index in [1.54, 1.807) is 25.2 Å². The molecular formula is C14H16ClN3OS. The molecule has 0 saturated heterocycles. The smallest absolute Gasteiger partial charge is 0.257 e. The van der Waals surface area contributed by atoms with Crippen LogP contribution in [0.3, 0.4) is 0 Å². The van der Waals surface area contributed by atoms with Gasteiger partial charge in [-0.05, 0) is 25.1 Å². The molecule has 0 atom stereocenters. The summed E-state index contributed by atoms with van der Waals surface area (Å²) in [6.07, 6.45) is 1.61. The molecule has 1 N–H and O–H groups in total. The number of thiophene rings is 1. The van der Waals surface area contributed by atoms with Gasteiger partial charge < -0.3 is 10.2 Å². The molecule has 2 heterocycles. The highest BCUT2D eigenvalue weighted by molar-refractivity contribution is 7.16. The minimum absolute atomic E-state index is 0.0635. The second-order valence-electron chi connectivity index (χ2n) is 4.49. The Bertz CT molecular complexity index is 627. The first kappa shape index (κ1) is 14.8. The molecule has 1 amide bonds. The molecule has 0 aliphatic carbocycles. The number of anilines is 1. The molecule has 2 aromatic heterocycles. The molecule has 0 bridgehead atoms. The van der Waals surface area contributed by atoms with Crippen LogP contribution >= 0.6 is 22.9 Å². The molecule has 4 nitrogen and oxygen atoms in total. The van der Waals surface area contributed by atoms with Gasteiger partial charge in [0.15, 0.2) is 0 Å². The summed E-state index contributed by atoms with van der Waals surface area (Å²) in [4.78, 5) is 19.4. The van der Waals surface area contributed by atoms with Crippen molar-refractivity contribution in [3.05, 3.63) is 44.9 Å². The van der Waals surface area contributed by atoms with Crippen LogP contribution < -0.4 is 5.32 Å². The van der Waals surface area contributed by atoms with Crippen molar-refractivity contribution in [2.24, 2.45) is 0 Å². The van der Waals surface area contributed by atoms with Crippen molar-refractivity contribution in [3.8, 4) is 0 Å². The first-order valence-electron chi connectivity index (χ1n) is 6.15. The van der Waals surface area contributed by atoms with Crippen LogP contribution in [0.15, 0.2) is 24.4 Å². The monoisotopic (exact) mass is 309 g/mol. The van der Waals surface area contributed by atoms with Crippen LogP contribution in [-0.4, -0.2) is 29.9 Å². The van der Waals surface area contributed by atoms with Gasteiger partial charge in [0.1, 0.15) is 0 Å². The van der Waals surface area contributed by atoms with Crippen molar-refractivity contribution in [2.75, 3.05) is 19.4 Å². The number of hydrogen-bond acceptors (Lipinski definition) is 4. The maximum Gasteiger partial charge on any atom is 0.257 e. The van der Waals surface area contributed by atoms with E-state index < -0.39 is 0 Å². The Hall–Kier alpha value is -1.59. The molecule has 2 rings (SSSR count). The summed E-state index contributed by atoms with van der Waals surface area (Å²) in [6.45, 7) is 2.43. The zero-order valence-corrected chi connectivity index (χ0v) is 13.2. The van der Waals surface area contributed by atoms with Crippen molar-refractivity contribution in [3.63, 3.8) is 0 Å². The largest absolute Gasteiger partial charge is 0.387 e. The van der Waals surface area contributed by atoms with E-state index in [4.69, 9.17) is 11.6 Å². The number of aromatic nitrogens is 1. The molecule has 0 aliphatic heterocycles. The maximum absolute atomic E-state index is 12.5. The Labute approximate surface area is 127 Å². The molecule has 6 heteroatoms. The summed E-state index contributed by atoms with van der Waals surface area (Å²) in [5.74, 6) is -0.0635. The van der Waals surface area contributed by atoms with Gasteiger partial charge in [-0.3, -0.25) is 9.78 Å². The van der Waals surface area contributed by atoms with Gasteiger partial charge in [0, 0.05) is 30.9 Å². The second-order valence-corrected chi connectivity index (χ2v) is 6.29. The van der Waals surface area contributed by atoms with Crippen molar-refractivity contribution in [1.29, 1.82) is 0 Å². The number of rotatable bonds is 4. The van der Waals surface area contributed by atoms with Gasteiger partial charge in [0.25, 0.3) is 5.91 Å². The van der Waals surface area contributed by atoms with E-state index in [0.717, 1.165) is 20.6 Å². The Kier molecular flexibility index (Phi) is 4.62. The van der Waals surface area contributed by atoms with Crippen molar-refractivity contribution < 1.29 is 4.79 Å². The van der Waals surface area contributed by atoms with E-state index >= 15 is 0 Å². The summed E-state index contributed by atoms with van der Waals surface area (Å²) < 4.78 is 0.730. The quantitative estimate of drug-likeness (QED) is 0.941. The number of aryl methyl sites for hydroxylation is 1. The fourth-order valence-electron chi connectivity index (χ4n) is 1.88. The predicted molar refractivity (Wildman–Crippen MR) is 83.6 cm³/mol. The van der Waals surface area contributed by atoms with Crippen LogP contribution in [-0.2, 0) is 6.54 Å². The average Bonchev–Trinajstić information content (AvgIpc) is 2.83. The number of nitrogens with zero attached hydrogens (tertiary/aromatic N) is 2. The summed E-state index contributed by atoms with van der Waals surface area (Å²) in [5, 5.41) is 3.03. The Morgan fingerprint density at radius 1 is 1.50 bits per heavy atom. The molecular weight excluding hydrogens is 294 g/mol. The molecule has 0 fully saturated rings. The molecule has 106 valence electrons. The van der Waals surface area contributed by atoms with E-state index in [9.17, 15) is 4.79 Å². The lowest BCUT2D eigenvalue weighted by Gasteiger charge is -2.18. The van der Waals surface area contributed by atoms with Gasteiger partial charge in [0.2, 0.25) is 0 Å². The number of carbonyl (C=O) groups excluding carboxylic acids is 1. The third-order valence-electron chi connectivity index (χ3n) is 2.91. The topological polar surface area (TPSA) is 45.2 Å². The minimum Gasteiger partial charge on any atom is -0.387 e. The first-order chi connectivity index (χ1) is 9.51. The number of halogens is 1. The lowest BCUT2D eigenvalue weighted by atomic mass is 10.2. The SMILES string of the molecule is CNc1cc(C)ncc1C(=O)N(C)Cc1ccc(Cl)s1. The van der Waals surface area contributed by atoms with Gasteiger partial charge in [-0.25, -0.2) is 0 Å². The molecule has 0 unspecified atom stereocenters. The van der Waals surface area contributed by atoms with E-state index in [1.807, 2.05) is 25.1 Å². The van der Waals surface area contributed by atoms with Crippen LogP contribution in [0.5, 0.6) is 0 Å². The summed E-state index contributed by atoms with van der Waals surface area (Å²) in [6, 6.07) is 5.64. The van der Waals surface area contributed by atoms with Crippen molar-refractivity contribution >= 4 is 34.5 Å². The molecule has 0 spiro atoms. The molecule has 0 aliphatic rings. The Morgan fingerprint density at radius 2 is 2.25 bits per heavy atom. The Morgan fingerprint density at radius 3 is 2.85 bits per heavy atom. The maximum atomic E-state index is 12.5. The third kappa shape index (κ3) is 3.29. The lowest BCUT2D eigenvalue weighted by molar-refractivity contribution is 0.0787. The highest BCUT2D eigenvalue weighted by Crippen LogP contribution is 2.23. The van der Waals surface area contributed by atoms with E-state index in [0.29, 0.717) is 12.1 Å². The van der Waals surface area contributed by atoms with Gasteiger partial charge in [-0.15, -0.1) is 11.3 Å². The molecule has 0 radical (unpaired) electrons. The Balaban J connectivity index is 2.18. The zero-order valence-electron chi connectivity index (χ0n) is 11.6. The predicted octanol–water partition coefficient (Wildman–Crippen LogP) is 3.42. The average molecular weight is 310 g/mol.